The fourth-order valence-corrected chi connectivity index (χ4v) is 1.43. The smallest absolute Gasteiger partial charge is 0.190 e. The Kier molecular flexibility index (Phi) is 3.54. The molecular weight excluding hydrogens is 166 g/mol. The Morgan fingerprint density at radius 2 is 2.38 bits per heavy atom. The third-order valence-corrected chi connectivity index (χ3v) is 2.44. The largest absolute Gasteiger partial charge is 0.381 e. The van der Waals surface area contributed by atoms with E-state index in [4.69, 9.17) is 4.74 Å². The Balaban J connectivity index is 2.32. The van der Waals surface area contributed by atoms with E-state index in [1.54, 1.807) is 7.05 Å². The zero-order valence-electron chi connectivity index (χ0n) is 8.68. The van der Waals surface area contributed by atoms with Crippen molar-refractivity contribution in [2.24, 2.45) is 10.4 Å². The first-order valence-electron chi connectivity index (χ1n) is 4.66. The van der Waals surface area contributed by atoms with Gasteiger partial charge >= 0.3 is 0 Å². The standard InChI is InChI=1S/C9H19N3O/c1-9(4-5-13-7-9)6-12-8(10-2)11-3/h4-7H2,1-3H3,(H2,10,11,12). The highest BCUT2D eigenvalue weighted by Gasteiger charge is 2.29. The van der Waals surface area contributed by atoms with Crippen molar-refractivity contribution in [3.63, 3.8) is 0 Å². The molecule has 0 aromatic heterocycles. The lowest BCUT2D eigenvalue weighted by Crippen LogP contribution is -2.41. The third kappa shape index (κ3) is 2.88. The summed E-state index contributed by atoms with van der Waals surface area (Å²) < 4.78 is 5.36. The summed E-state index contributed by atoms with van der Waals surface area (Å²) >= 11 is 0. The summed E-state index contributed by atoms with van der Waals surface area (Å²) in [7, 11) is 3.63. The van der Waals surface area contributed by atoms with Gasteiger partial charge in [-0.1, -0.05) is 6.92 Å². The number of rotatable bonds is 2. The molecule has 0 aromatic carbocycles. The van der Waals surface area contributed by atoms with Gasteiger partial charge in [-0.05, 0) is 6.42 Å². The van der Waals surface area contributed by atoms with Crippen LogP contribution in [0.2, 0.25) is 0 Å². The van der Waals surface area contributed by atoms with E-state index in [1.807, 2.05) is 7.05 Å². The van der Waals surface area contributed by atoms with Crippen LogP contribution in [0.4, 0.5) is 0 Å². The van der Waals surface area contributed by atoms with Crippen molar-refractivity contribution in [1.82, 2.24) is 10.6 Å². The maximum Gasteiger partial charge on any atom is 0.190 e. The molecule has 1 rings (SSSR count). The number of nitrogens with zero attached hydrogens (tertiary/aromatic N) is 1. The Labute approximate surface area is 79.8 Å². The molecule has 0 spiro atoms. The van der Waals surface area contributed by atoms with Gasteiger partial charge in [0.2, 0.25) is 0 Å². The highest BCUT2D eigenvalue weighted by atomic mass is 16.5. The minimum Gasteiger partial charge on any atom is -0.381 e. The normalized spacial score (nSPS) is 29.0. The first-order valence-corrected chi connectivity index (χ1v) is 4.66. The highest BCUT2D eigenvalue weighted by Crippen LogP contribution is 2.26. The van der Waals surface area contributed by atoms with Gasteiger partial charge in [-0.15, -0.1) is 0 Å². The molecule has 1 unspecified atom stereocenters. The van der Waals surface area contributed by atoms with Crippen LogP contribution in [0.25, 0.3) is 0 Å². The predicted octanol–water partition coefficient (Wildman–Crippen LogP) is 0.208. The first-order chi connectivity index (χ1) is 6.20. The number of guanidine groups is 1. The van der Waals surface area contributed by atoms with Crippen LogP contribution in [-0.2, 0) is 4.74 Å². The summed E-state index contributed by atoms with van der Waals surface area (Å²) in [5.41, 5.74) is 0.271. The van der Waals surface area contributed by atoms with Gasteiger partial charge in [0.25, 0.3) is 0 Å². The van der Waals surface area contributed by atoms with Crippen LogP contribution in [0.3, 0.4) is 0 Å². The van der Waals surface area contributed by atoms with E-state index >= 15 is 0 Å². The number of aliphatic imine (C=N–C) groups is 1. The SMILES string of the molecule is CN=C(NC)NCC1(C)CCOC1. The molecule has 0 aromatic rings. The van der Waals surface area contributed by atoms with Crippen LogP contribution in [0.5, 0.6) is 0 Å². The van der Waals surface area contributed by atoms with Crippen LogP contribution in [0.1, 0.15) is 13.3 Å². The van der Waals surface area contributed by atoms with Gasteiger partial charge < -0.3 is 15.4 Å². The third-order valence-electron chi connectivity index (χ3n) is 2.44. The van der Waals surface area contributed by atoms with Crippen LogP contribution in [-0.4, -0.2) is 39.8 Å². The zero-order valence-corrected chi connectivity index (χ0v) is 8.68. The van der Waals surface area contributed by atoms with Crippen molar-refractivity contribution in [1.29, 1.82) is 0 Å². The van der Waals surface area contributed by atoms with E-state index in [2.05, 4.69) is 22.5 Å². The zero-order chi connectivity index (χ0) is 9.73. The van der Waals surface area contributed by atoms with Crippen molar-refractivity contribution >= 4 is 5.96 Å². The molecule has 1 saturated heterocycles. The maximum atomic E-state index is 5.36. The second kappa shape index (κ2) is 4.46. The molecule has 2 N–H and O–H groups in total. The van der Waals surface area contributed by atoms with Gasteiger partial charge in [0.05, 0.1) is 6.61 Å². The van der Waals surface area contributed by atoms with E-state index in [0.717, 1.165) is 32.1 Å². The van der Waals surface area contributed by atoms with E-state index in [0.29, 0.717) is 0 Å². The summed E-state index contributed by atoms with van der Waals surface area (Å²) in [6.45, 7) is 4.88. The first kappa shape index (κ1) is 10.3. The van der Waals surface area contributed by atoms with E-state index in [1.165, 1.54) is 0 Å². The Morgan fingerprint density at radius 1 is 1.62 bits per heavy atom. The molecule has 4 heteroatoms. The van der Waals surface area contributed by atoms with E-state index < -0.39 is 0 Å². The van der Waals surface area contributed by atoms with Crippen LogP contribution in [0.15, 0.2) is 4.99 Å². The monoisotopic (exact) mass is 185 g/mol. The lowest BCUT2D eigenvalue weighted by Gasteiger charge is -2.22. The van der Waals surface area contributed by atoms with E-state index in [9.17, 15) is 0 Å². The molecule has 4 nitrogen and oxygen atoms in total. The van der Waals surface area contributed by atoms with E-state index in [-0.39, 0.29) is 5.41 Å². The molecule has 0 saturated carbocycles. The summed E-state index contributed by atoms with van der Waals surface area (Å²) in [5, 5.41) is 6.25. The number of nitrogens with one attached hydrogen (secondary N) is 2. The average molecular weight is 185 g/mol. The minimum atomic E-state index is 0.271. The van der Waals surface area contributed by atoms with Gasteiger partial charge in [0, 0.05) is 32.7 Å². The molecule has 13 heavy (non-hydrogen) atoms. The quantitative estimate of drug-likeness (QED) is 0.477. The van der Waals surface area contributed by atoms with Gasteiger partial charge in [-0.25, -0.2) is 0 Å². The van der Waals surface area contributed by atoms with Crippen LogP contribution >= 0.6 is 0 Å². The molecule has 76 valence electrons. The molecule has 0 bridgehead atoms. The molecule has 0 aliphatic carbocycles. The fraction of sp³-hybridized carbons (Fsp3) is 0.889. The Bertz CT molecular complexity index is 185. The average Bonchev–Trinajstić information content (AvgIpc) is 2.55. The number of hydrogen-bond acceptors (Lipinski definition) is 2. The molecule has 1 heterocycles. The van der Waals surface area contributed by atoms with Crippen LogP contribution < -0.4 is 10.6 Å². The Morgan fingerprint density at radius 3 is 2.85 bits per heavy atom. The molecule has 1 aliphatic heterocycles. The van der Waals surface area contributed by atoms with Gasteiger partial charge in [0.15, 0.2) is 5.96 Å². The summed E-state index contributed by atoms with van der Waals surface area (Å²) in [6, 6.07) is 0. The van der Waals surface area contributed by atoms with Crippen molar-refractivity contribution in [2.45, 2.75) is 13.3 Å². The summed E-state index contributed by atoms with van der Waals surface area (Å²) in [6.07, 6.45) is 1.13. The molecule has 0 radical (unpaired) electrons. The predicted molar refractivity (Wildman–Crippen MR) is 54.0 cm³/mol. The van der Waals surface area contributed by atoms with Crippen molar-refractivity contribution in [2.75, 3.05) is 33.9 Å². The summed E-state index contributed by atoms with van der Waals surface area (Å²) in [5.74, 6) is 0.841. The van der Waals surface area contributed by atoms with Crippen molar-refractivity contribution in [3.05, 3.63) is 0 Å². The molecule has 0 amide bonds. The molecule has 1 fully saturated rings. The van der Waals surface area contributed by atoms with Gasteiger partial charge in [0.1, 0.15) is 0 Å². The van der Waals surface area contributed by atoms with Crippen molar-refractivity contribution < 1.29 is 4.74 Å². The Hall–Kier alpha value is -0.770. The lowest BCUT2D eigenvalue weighted by molar-refractivity contribution is 0.160. The second-order valence-corrected chi connectivity index (χ2v) is 3.79. The molecular formula is C9H19N3O. The van der Waals surface area contributed by atoms with Gasteiger partial charge in [-0.3, -0.25) is 4.99 Å². The summed E-state index contributed by atoms with van der Waals surface area (Å²) in [4.78, 5) is 4.05. The number of hydrogen-bond donors (Lipinski definition) is 2. The molecule has 1 aliphatic rings. The maximum absolute atomic E-state index is 5.36. The fourth-order valence-electron chi connectivity index (χ4n) is 1.43. The topological polar surface area (TPSA) is 45.7 Å². The minimum absolute atomic E-state index is 0.271. The van der Waals surface area contributed by atoms with Gasteiger partial charge in [-0.2, -0.15) is 0 Å². The van der Waals surface area contributed by atoms with Crippen molar-refractivity contribution in [3.8, 4) is 0 Å². The lowest BCUT2D eigenvalue weighted by atomic mass is 9.90. The number of ether oxygens (including phenoxy) is 1. The second-order valence-electron chi connectivity index (χ2n) is 3.79. The highest BCUT2D eigenvalue weighted by molar-refractivity contribution is 5.79. The van der Waals surface area contributed by atoms with Crippen LogP contribution in [0, 0.1) is 5.41 Å². The molecule has 1 atom stereocenters.